The highest BCUT2D eigenvalue weighted by Crippen LogP contribution is 2.45. The normalized spacial score (nSPS) is 14.4. The molecule has 0 heterocycles. The maximum absolute atomic E-state index is 13.1. The highest BCUT2D eigenvalue weighted by molar-refractivity contribution is 7.47. The fraction of sp³-hybridized carbons (Fsp3) is 0.766. The van der Waals surface area contributed by atoms with Gasteiger partial charge in [-0.25, -0.2) is 9.13 Å². The lowest BCUT2D eigenvalue weighted by Crippen LogP contribution is -2.30. The number of unbranched alkanes of at least 4 members (excludes halogenated alkanes) is 31. The highest BCUT2D eigenvalue weighted by Gasteiger charge is 2.30. The third-order valence-corrected chi connectivity index (χ3v) is 17.7. The van der Waals surface area contributed by atoms with Crippen LogP contribution in [-0.4, -0.2) is 96.7 Å². The van der Waals surface area contributed by atoms with Crippen LogP contribution in [0.5, 0.6) is 0 Å². The fourth-order valence-corrected chi connectivity index (χ4v) is 11.6. The van der Waals surface area contributed by atoms with Crippen molar-refractivity contribution >= 4 is 39.5 Å². The van der Waals surface area contributed by atoms with Crippen molar-refractivity contribution in [2.75, 3.05) is 39.6 Å². The maximum Gasteiger partial charge on any atom is 0.472 e. The number of aliphatic hydroxyl groups excluding tert-OH is 1. The Morgan fingerprint density at radius 1 is 0.302 bits per heavy atom. The van der Waals surface area contributed by atoms with Crippen LogP contribution in [0, 0.1) is 0 Å². The first-order chi connectivity index (χ1) is 46.7. The van der Waals surface area contributed by atoms with Crippen LogP contribution in [0.1, 0.15) is 323 Å². The van der Waals surface area contributed by atoms with E-state index in [-0.39, 0.29) is 25.7 Å². The SMILES string of the molecule is CC/C=C\C/C=C\C/C=C\C/C=C\CCCCC(=O)OCC(COP(=O)(O)OCC(O)COP(=O)(O)OCC(COC(=O)CCCCCCC/C=C\CCCCCCCC)OC(=O)CCCCCCC/C=C\C/C=C\CCC)OC(=O)CCCCCCCCCCCCCCC. The summed E-state index contributed by atoms with van der Waals surface area (Å²) in [5.41, 5.74) is 0. The Morgan fingerprint density at radius 3 is 0.906 bits per heavy atom. The molecule has 0 radical (unpaired) electrons. The van der Waals surface area contributed by atoms with Crippen molar-refractivity contribution in [1.29, 1.82) is 0 Å². The molecule has 0 rings (SSSR count). The number of carbonyl (C=O) groups excluding carboxylic acids is 4. The number of phosphoric ester groups is 2. The predicted molar refractivity (Wildman–Crippen MR) is 390 cm³/mol. The quantitative estimate of drug-likeness (QED) is 0.0169. The number of carbonyl (C=O) groups is 4. The third kappa shape index (κ3) is 68.8. The van der Waals surface area contributed by atoms with Crippen LogP contribution in [0.25, 0.3) is 0 Å². The summed E-state index contributed by atoms with van der Waals surface area (Å²) >= 11 is 0. The zero-order valence-corrected chi connectivity index (χ0v) is 62.3. The molecule has 5 unspecified atom stereocenters. The van der Waals surface area contributed by atoms with Gasteiger partial charge in [0, 0.05) is 25.7 Å². The Hall–Kier alpha value is -3.76. The van der Waals surface area contributed by atoms with Crippen LogP contribution in [0.3, 0.4) is 0 Å². The average Bonchev–Trinajstić information content (AvgIpc) is 1.14. The van der Waals surface area contributed by atoms with Crippen molar-refractivity contribution in [2.45, 2.75) is 341 Å². The van der Waals surface area contributed by atoms with Gasteiger partial charge in [0.15, 0.2) is 12.2 Å². The van der Waals surface area contributed by atoms with Gasteiger partial charge in [-0.1, -0.05) is 267 Å². The topological polar surface area (TPSA) is 237 Å². The van der Waals surface area contributed by atoms with E-state index in [1.54, 1.807) is 0 Å². The Bertz CT molecular complexity index is 2160. The minimum absolute atomic E-state index is 0.0780. The van der Waals surface area contributed by atoms with Gasteiger partial charge in [-0.05, 0) is 116 Å². The van der Waals surface area contributed by atoms with Crippen LogP contribution in [0.2, 0.25) is 0 Å². The van der Waals surface area contributed by atoms with Crippen molar-refractivity contribution in [3.63, 3.8) is 0 Å². The molecule has 0 bridgehead atoms. The van der Waals surface area contributed by atoms with Gasteiger partial charge in [0.1, 0.15) is 19.3 Å². The fourth-order valence-electron chi connectivity index (χ4n) is 10.1. The van der Waals surface area contributed by atoms with Crippen molar-refractivity contribution in [3.05, 3.63) is 85.1 Å². The molecule has 0 amide bonds. The summed E-state index contributed by atoms with van der Waals surface area (Å²) < 4.78 is 68.4. The van der Waals surface area contributed by atoms with Crippen LogP contribution >= 0.6 is 15.6 Å². The molecule has 19 heteroatoms. The van der Waals surface area contributed by atoms with Gasteiger partial charge in [0.25, 0.3) is 0 Å². The number of aliphatic hydroxyl groups is 1. The highest BCUT2D eigenvalue weighted by atomic mass is 31.2. The summed E-state index contributed by atoms with van der Waals surface area (Å²) in [6.07, 6.45) is 70.1. The second-order valence-corrected chi connectivity index (χ2v) is 28.1. The molecule has 0 saturated carbocycles. The average molecular weight is 1400 g/mol. The monoisotopic (exact) mass is 1390 g/mol. The van der Waals surface area contributed by atoms with Gasteiger partial charge in [-0.15, -0.1) is 0 Å². The lowest BCUT2D eigenvalue weighted by Gasteiger charge is -2.21. The van der Waals surface area contributed by atoms with Crippen LogP contribution in [0.4, 0.5) is 0 Å². The smallest absolute Gasteiger partial charge is 0.462 e. The van der Waals surface area contributed by atoms with E-state index in [0.717, 1.165) is 154 Å². The van der Waals surface area contributed by atoms with Crippen LogP contribution in [0.15, 0.2) is 85.1 Å². The molecule has 0 fully saturated rings. The van der Waals surface area contributed by atoms with Gasteiger partial charge in [0.2, 0.25) is 0 Å². The molecular formula is C77H136O17P2. The molecular weight excluding hydrogens is 1260 g/mol. The van der Waals surface area contributed by atoms with Crippen LogP contribution in [-0.2, 0) is 65.4 Å². The number of esters is 4. The number of hydrogen-bond acceptors (Lipinski definition) is 15. The van der Waals surface area contributed by atoms with E-state index in [2.05, 4.69) is 113 Å². The number of phosphoric acid groups is 2. The van der Waals surface area contributed by atoms with Gasteiger partial charge >= 0.3 is 39.5 Å². The summed E-state index contributed by atoms with van der Waals surface area (Å²) in [4.78, 5) is 72.8. The second-order valence-electron chi connectivity index (χ2n) is 25.2. The Kier molecular flexibility index (Phi) is 67.0. The van der Waals surface area contributed by atoms with Crippen molar-refractivity contribution in [3.8, 4) is 0 Å². The maximum atomic E-state index is 13.1. The largest absolute Gasteiger partial charge is 0.472 e. The summed E-state index contributed by atoms with van der Waals surface area (Å²) in [6.45, 7) is 4.64. The standard InChI is InChI=1S/C77H136O17P2/c1-5-9-13-17-21-25-29-33-35-39-41-45-49-53-57-61-74(79)87-67-72(93-76(81)63-59-55-51-47-43-37-31-27-23-19-15-11-7-3)69-91-95(83,84)89-65-71(78)66-90-96(85,86)92-70-73(94-77(82)64-60-56-52-48-44-38-32-28-24-20-16-12-8-4)68-88-75(80)62-58-54-50-46-42-40-36-34-30-26-22-18-14-10-6-2/h9,13,16,20-21,25,28,32-36,41,45,71-73,78H,5-8,10-12,14-15,17-19,22-24,26-27,29-31,37-40,42-44,46-70H2,1-4H3,(H,83,84)(H,85,86)/b13-9-,20-16-,25-21-,32-28-,35-33-,36-34-,45-41-. The minimum atomic E-state index is -4.98. The Labute approximate surface area is 583 Å². The summed E-state index contributed by atoms with van der Waals surface area (Å²) in [5.74, 6) is -2.23. The van der Waals surface area contributed by atoms with Crippen molar-refractivity contribution in [2.24, 2.45) is 0 Å². The first-order valence-corrected chi connectivity index (χ1v) is 40.8. The predicted octanol–water partition coefficient (Wildman–Crippen LogP) is 21.4. The lowest BCUT2D eigenvalue weighted by molar-refractivity contribution is -0.161. The first kappa shape index (κ1) is 92.2. The molecule has 96 heavy (non-hydrogen) atoms. The zero-order chi connectivity index (χ0) is 70.4. The number of ether oxygens (including phenoxy) is 4. The van der Waals surface area contributed by atoms with Crippen LogP contribution < -0.4 is 0 Å². The molecule has 3 N–H and O–H groups in total. The van der Waals surface area contributed by atoms with E-state index < -0.39 is 97.5 Å². The van der Waals surface area contributed by atoms with E-state index in [1.165, 1.54) is 89.9 Å². The third-order valence-electron chi connectivity index (χ3n) is 15.8. The molecule has 0 aliphatic carbocycles. The van der Waals surface area contributed by atoms with E-state index >= 15 is 0 Å². The second kappa shape index (κ2) is 69.7. The van der Waals surface area contributed by atoms with Crippen molar-refractivity contribution in [1.82, 2.24) is 0 Å². The Morgan fingerprint density at radius 2 is 0.562 bits per heavy atom. The van der Waals surface area contributed by atoms with Gasteiger partial charge in [-0.2, -0.15) is 0 Å². The van der Waals surface area contributed by atoms with Gasteiger partial charge < -0.3 is 33.8 Å². The molecule has 5 atom stereocenters. The molecule has 0 aliphatic rings. The molecule has 0 aromatic heterocycles. The molecule has 0 aliphatic heterocycles. The number of rotatable bonds is 71. The van der Waals surface area contributed by atoms with E-state index in [4.69, 9.17) is 37.0 Å². The zero-order valence-electron chi connectivity index (χ0n) is 60.5. The van der Waals surface area contributed by atoms with Gasteiger partial charge in [-0.3, -0.25) is 37.3 Å². The molecule has 556 valence electrons. The molecule has 17 nitrogen and oxygen atoms in total. The molecule has 0 aromatic carbocycles. The number of allylic oxidation sites excluding steroid dienone is 14. The van der Waals surface area contributed by atoms with E-state index in [1.807, 2.05) is 0 Å². The summed E-state index contributed by atoms with van der Waals surface area (Å²) in [6, 6.07) is 0. The first-order valence-electron chi connectivity index (χ1n) is 37.8. The Balaban J connectivity index is 5.36. The van der Waals surface area contributed by atoms with Gasteiger partial charge in [0.05, 0.1) is 26.4 Å². The number of hydrogen-bond donors (Lipinski definition) is 3. The van der Waals surface area contributed by atoms with E-state index in [0.29, 0.717) is 25.7 Å². The van der Waals surface area contributed by atoms with E-state index in [9.17, 15) is 43.2 Å². The van der Waals surface area contributed by atoms with Crippen molar-refractivity contribution < 1.29 is 80.2 Å². The lowest BCUT2D eigenvalue weighted by atomic mass is 10.0. The summed E-state index contributed by atoms with van der Waals surface area (Å²) in [7, 11) is -9.95. The molecule has 0 saturated heterocycles. The molecule has 0 spiro atoms. The minimum Gasteiger partial charge on any atom is -0.462 e. The summed E-state index contributed by atoms with van der Waals surface area (Å²) in [5, 5.41) is 10.6. The molecule has 0 aromatic rings.